The molecule has 0 aromatic heterocycles. The molecule has 0 bridgehead atoms. The molecule has 0 aromatic carbocycles. The Morgan fingerprint density at radius 1 is 1.55 bits per heavy atom. The summed E-state index contributed by atoms with van der Waals surface area (Å²) >= 11 is 0. The summed E-state index contributed by atoms with van der Waals surface area (Å²) in [7, 11) is 0. The third kappa shape index (κ3) is 2.17. The summed E-state index contributed by atoms with van der Waals surface area (Å²) in [6, 6.07) is 0.656. The van der Waals surface area contributed by atoms with Crippen LogP contribution in [0.15, 0.2) is 0 Å². The molecule has 0 aliphatic carbocycles. The van der Waals surface area contributed by atoms with E-state index in [1.165, 1.54) is 19.4 Å². The fraction of sp³-hybridized carbons (Fsp3) is 1.00. The largest absolute Gasteiger partial charge is 0.329 e. The molecule has 66 valence electrons. The van der Waals surface area contributed by atoms with Crippen LogP contribution in [0.3, 0.4) is 0 Å². The van der Waals surface area contributed by atoms with E-state index < -0.39 is 0 Å². The molecule has 1 heterocycles. The van der Waals surface area contributed by atoms with Gasteiger partial charge in [0.15, 0.2) is 0 Å². The monoisotopic (exact) mass is 156 g/mol. The summed E-state index contributed by atoms with van der Waals surface area (Å²) in [5, 5.41) is 0. The summed E-state index contributed by atoms with van der Waals surface area (Å²) < 4.78 is 0. The summed E-state index contributed by atoms with van der Waals surface area (Å²) in [5.74, 6) is 0.881. The third-order valence-electron chi connectivity index (χ3n) is 2.78. The van der Waals surface area contributed by atoms with E-state index >= 15 is 0 Å². The molecule has 2 nitrogen and oxygen atoms in total. The molecule has 0 saturated carbocycles. The van der Waals surface area contributed by atoms with Crippen molar-refractivity contribution >= 4 is 0 Å². The molecular weight excluding hydrogens is 136 g/mol. The quantitative estimate of drug-likeness (QED) is 0.648. The molecule has 1 aliphatic heterocycles. The first-order valence-electron chi connectivity index (χ1n) is 4.72. The number of hydrogen-bond donors (Lipinski definition) is 1. The molecule has 2 atom stereocenters. The molecule has 2 N–H and O–H groups in total. The first kappa shape index (κ1) is 9.01. The van der Waals surface area contributed by atoms with E-state index in [9.17, 15) is 0 Å². The van der Waals surface area contributed by atoms with Crippen molar-refractivity contribution in [3.05, 3.63) is 0 Å². The topological polar surface area (TPSA) is 29.3 Å². The number of piperidine rings is 1. The Hall–Kier alpha value is -0.0800. The number of nitrogens with zero attached hydrogens (tertiary/aromatic N) is 1. The number of likely N-dealkylation sites (N-methyl/N-ethyl adjacent to an activating group) is 1. The van der Waals surface area contributed by atoms with Gasteiger partial charge in [-0.05, 0) is 31.8 Å². The van der Waals surface area contributed by atoms with Crippen molar-refractivity contribution in [2.75, 3.05) is 19.6 Å². The molecule has 1 rings (SSSR count). The van der Waals surface area contributed by atoms with Crippen molar-refractivity contribution < 1.29 is 0 Å². The number of likely N-dealkylation sites (tertiary alicyclic amines) is 1. The fourth-order valence-corrected chi connectivity index (χ4v) is 1.96. The van der Waals surface area contributed by atoms with E-state index in [1.54, 1.807) is 0 Å². The van der Waals surface area contributed by atoms with Crippen LogP contribution in [-0.2, 0) is 0 Å². The molecule has 1 saturated heterocycles. The normalized spacial score (nSPS) is 34.1. The lowest BCUT2D eigenvalue weighted by Gasteiger charge is -2.37. The van der Waals surface area contributed by atoms with Gasteiger partial charge in [-0.15, -0.1) is 0 Å². The SMILES string of the molecule is CCN1CCC(C)CC1CN. The van der Waals surface area contributed by atoms with Crippen molar-refractivity contribution in [3.63, 3.8) is 0 Å². The van der Waals surface area contributed by atoms with Crippen LogP contribution < -0.4 is 5.73 Å². The van der Waals surface area contributed by atoms with E-state index in [-0.39, 0.29) is 0 Å². The molecule has 1 fully saturated rings. The minimum absolute atomic E-state index is 0.656. The molecular formula is C9H20N2. The Morgan fingerprint density at radius 2 is 2.27 bits per heavy atom. The van der Waals surface area contributed by atoms with E-state index in [2.05, 4.69) is 18.7 Å². The van der Waals surface area contributed by atoms with Gasteiger partial charge < -0.3 is 5.73 Å². The molecule has 2 heteroatoms. The highest BCUT2D eigenvalue weighted by Gasteiger charge is 2.23. The van der Waals surface area contributed by atoms with E-state index in [0.29, 0.717) is 6.04 Å². The average molecular weight is 156 g/mol. The second-order valence-corrected chi connectivity index (χ2v) is 3.65. The van der Waals surface area contributed by atoms with E-state index in [1.807, 2.05) is 0 Å². The van der Waals surface area contributed by atoms with Crippen LogP contribution in [0.5, 0.6) is 0 Å². The van der Waals surface area contributed by atoms with Gasteiger partial charge in [-0.3, -0.25) is 4.90 Å². The lowest BCUT2D eigenvalue weighted by atomic mass is 9.92. The van der Waals surface area contributed by atoms with E-state index in [0.717, 1.165) is 19.0 Å². The summed E-state index contributed by atoms with van der Waals surface area (Å²) in [6.07, 6.45) is 2.65. The Labute approximate surface area is 69.8 Å². The van der Waals surface area contributed by atoms with Gasteiger partial charge in [-0.25, -0.2) is 0 Å². The first-order chi connectivity index (χ1) is 5.27. The first-order valence-corrected chi connectivity index (χ1v) is 4.72. The van der Waals surface area contributed by atoms with Gasteiger partial charge in [-0.2, -0.15) is 0 Å². The highest BCUT2D eigenvalue weighted by Crippen LogP contribution is 2.20. The number of nitrogens with two attached hydrogens (primary N) is 1. The molecule has 0 spiro atoms. The molecule has 11 heavy (non-hydrogen) atoms. The van der Waals surface area contributed by atoms with Crippen LogP contribution in [0.4, 0.5) is 0 Å². The van der Waals surface area contributed by atoms with Crippen molar-refractivity contribution in [3.8, 4) is 0 Å². The summed E-state index contributed by atoms with van der Waals surface area (Å²) in [5.41, 5.74) is 5.69. The molecule has 0 aromatic rings. The number of rotatable bonds is 2. The lowest BCUT2D eigenvalue weighted by molar-refractivity contribution is 0.129. The van der Waals surface area contributed by atoms with Crippen molar-refractivity contribution in [1.82, 2.24) is 4.90 Å². The molecule has 1 aliphatic rings. The Morgan fingerprint density at radius 3 is 2.82 bits per heavy atom. The van der Waals surface area contributed by atoms with Crippen molar-refractivity contribution in [2.24, 2.45) is 11.7 Å². The van der Waals surface area contributed by atoms with Crippen LogP contribution in [0, 0.1) is 5.92 Å². The van der Waals surface area contributed by atoms with Crippen LogP contribution in [-0.4, -0.2) is 30.6 Å². The standard InChI is InChI=1S/C9H20N2/c1-3-11-5-4-8(2)6-9(11)7-10/h8-9H,3-7,10H2,1-2H3. The minimum atomic E-state index is 0.656. The minimum Gasteiger partial charge on any atom is -0.329 e. The average Bonchev–Trinajstić information content (AvgIpc) is 2.04. The number of hydrogen-bond acceptors (Lipinski definition) is 2. The maximum absolute atomic E-state index is 5.69. The predicted molar refractivity (Wildman–Crippen MR) is 48.5 cm³/mol. The Kier molecular flexibility index (Phi) is 3.34. The lowest BCUT2D eigenvalue weighted by Crippen LogP contribution is -2.45. The zero-order valence-electron chi connectivity index (χ0n) is 7.71. The maximum atomic E-state index is 5.69. The van der Waals surface area contributed by atoms with Gasteiger partial charge in [0.2, 0.25) is 0 Å². The molecule has 2 unspecified atom stereocenters. The second kappa shape index (κ2) is 4.07. The van der Waals surface area contributed by atoms with Gasteiger partial charge in [0.25, 0.3) is 0 Å². The van der Waals surface area contributed by atoms with Crippen LogP contribution in [0.25, 0.3) is 0 Å². The highest BCUT2D eigenvalue weighted by atomic mass is 15.2. The van der Waals surface area contributed by atoms with Crippen LogP contribution in [0.1, 0.15) is 26.7 Å². The molecule has 0 amide bonds. The van der Waals surface area contributed by atoms with Crippen molar-refractivity contribution in [2.45, 2.75) is 32.7 Å². The van der Waals surface area contributed by atoms with Gasteiger partial charge in [0, 0.05) is 12.6 Å². The van der Waals surface area contributed by atoms with Gasteiger partial charge >= 0.3 is 0 Å². The predicted octanol–water partition coefficient (Wildman–Crippen LogP) is 1.07. The second-order valence-electron chi connectivity index (χ2n) is 3.65. The third-order valence-corrected chi connectivity index (χ3v) is 2.78. The Balaban J connectivity index is 2.41. The smallest absolute Gasteiger partial charge is 0.0220 e. The Bertz CT molecular complexity index is 114. The van der Waals surface area contributed by atoms with Gasteiger partial charge in [-0.1, -0.05) is 13.8 Å². The summed E-state index contributed by atoms with van der Waals surface area (Å²) in [6.45, 7) is 7.79. The zero-order valence-corrected chi connectivity index (χ0v) is 7.71. The maximum Gasteiger partial charge on any atom is 0.0220 e. The summed E-state index contributed by atoms with van der Waals surface area (Å²) in [4.78, 5) is 2.50. The highest BCUT2D eigenvalue weighted by molar-refractivity contribution is 4.79. The van der Waals surface area contributed by atoms with Crippen LogP contribution >= 0.6 is 0 Å². The van der Waals surface area contributed by atoms with Gasteiger partial charge in [0.05, 0.1) is 0 Å². The zero-order chi connectivity index (χ0) is 8.27. The van der Waals surface area contributed by atoms with E-state index in [4.69, 9.17) is 5.73 Å². The van der Waals surface area contributed by atoms with Gasteiger partial charge in [0.1, 0.15) is 0 Å². The van der Waals surface area contributed by atoms with Crippen LogP contribution in [0.2, 0.25) is 0 Å². The molecule has 0 radical (unpaired) electrons. The fourth-order valence-electron chi connectivity index (χ4n) is 1.96. The van der Waals surface area contributed by atoms with Crippen molar-refractivity contribution in [1.29, 1.82) is 0 Å².